The maximum Gasteiger partial charge on any atom is 0.253 e. The van der Waals surface area contributed by atoms with E-state index in [0.29, 0.717) is 36.8 Å². The number of aromatic nitrogens is 3. The molecule has 0 N–H and O–H groups in total. The molecule has 0 saturated carbocycles. The lowest BCUT2D eigenvalue weighted by Crippen LogP contribution is -2.28. The number of methoxy groups -OCH3 is 1. The molecule has 27 heavy (non-hydrogen) atoms. The number of hydrogen-bond acceptors (Lipinski definition) is 4. The molecular formula is C20H21ClN4O2. The minimum absolute atomic E-state index is 0.0117. The first-order valence-electron chi connectivity index (χ1n) is 9.02. The molecule has 0 aliphatic carbocycles. The Bertz CT molecular complexity index is 972. The van der Waals surface area contributed by atoms with E-state index in [9.17, 15) is 4.79 Å². The van der Waals surface area contributed by atoms with Gasteiger partial charge in [-0.2, -0.15) is 0 Å². The third-order valence-corrected chi connectivity index (χ3v) is 5.20. The van der Waals surface area contributed by atoms with Crippen molar-refractivity contribution in [2.75, 3.05) is 26.8 Å². The standard InChI is InChI=1S/C20H21ClN4O2/c1-27-11-10-25-18(23-17-6-3-8-22-19(17)25)15-7-9-24(13-15)20(26)14-4-2-5-16(21)12-14/h2-6,8,12,15H,7,9-11,13H2,1H3/t15-/m1/s1. The number of ether oxygens (including phenoxy) is 1. The third-order valence-electron chi connectivity index (χ3n) is 4.96. The van der Waals surface area contributed by atoms with Crippen LogP contribution in [0.4, 0.5) is 0 Å². The molecule has 3 aromatic rings. The Labute approximate surface area is 162 Å². The van der Waals surface area contributed by atoms with E-state index in [1.165, 1.54) is 0 Å². The summed E-state index contributed by atoms with van der Waals surface area (Å²) in [5, 5.41) is 0.573. The van der Waals surface area contributed by atoms with Gasteiger partial charge in [-0.3, -0.25) is 4.79 Å². The van der Waals surface area contributed by atoms with Crippen LogP contribution in [0, 0.1) is 0 Å². The Hall–Kier alpha value is -2.44. The molecule has 3 heterocycles. The fourth-order valence-electron chi connectivity index (χ4n) is 3.65. The van der Waals surface area contributed by atoms with Gasteiger partial charge in [0.05, 0.1) is 6.61 Å². The Morgan fingerprint density at radius 3 is 3.04 bits per heavy atom. The lowest BCUT2D eigenvalue weighted by Gasteiger charge is -2.17. The second-order valence-electron chi connectivity index (χ2n) is 6.71. The lowest BCUT2D eigenvalue weighted by atomic mass is 10.1. The number of nitrogens with zero attached hydrogens (tertiary/aromatic N) is 4. The highest BCUT2D eigenvalue weighted by Crippen LogP contribution is 2.30. The quantitative estimate of drug-likeness (QED) is 0.676. The van der Waals surface area contributed by atoms with E-state index in [4.69, 9.17) is 21.3 Å². The van der Waals surface area contributed by atoms with Gasteiger partial charge in [0, 0.05) is 49.4 Å². The molecule has 1 aliphatic rings. The molecule has 1 amide bonds. The highest BCUT2D eigenvalue weighted by atomic mass is 35.5. The van der Waals surface area contributed by atoms with Gasteiger partial charge in [0.15, 0.2) is 5.65 Å². The SMILES string of the molecule is COCCn1c([C@@H]2CCN(C(=O)c3cccc(Cl)c3)C2)nc2cccnc21. The molecule has 0 radical (unpaired) electrons. The average Bonchev–Trinajstić information content (AvgIpc) is 3.30. The monoisotopic (exact) mass is 384 g/mol. The fourth-order valence-corrected chi connectivity index (χ4v) is 3.84. The number of carbonyl (C=O) groups excluding carboxylic acids is 1. The van der Waals surface area contributed by atoms with E-state index < -0.39 is 0 Å². The zero-order chi connectivity index (χ0) is 18.8. The van der Waals surface area contributed by atoms with Crippen molar-refractivity contribution in [3.63, 3.8) is 0 Å². The van der Waals surface area contributed by atoms with Crippen LogP contribution in [0.15, 0.2) is 42.6 Å². The topological polar surface area (TPSA) is 60.2 Å². The summed E-state index contributed by atoms with van der Waals surface area (Å²) in [5.74, 6) is 1.17. The molecule has 7 heteroatoms. The number of rotatable bonds is 5. The number of fused-ring (bicyclic) bond motifs is 1. The van der Waals surface area contributed by atoms with Gasteiger partial charge in [-0.05, 0) is 36.8 Å². The molecule has 0 spiro atoms. The molecule has 4 rings (SSSR count). The molecular weight excluding hydrogens is 364 g/mol. The Morgan fingerprint density at radius 1 is 1.33 bits per heavy atom. The van der Waals surface area contributed by atoms with E-state index >= 15 is 0 Å². The van der Waals surface area contributed by atoms with Gasteiger partial charge >= 0.3 is 0 Å². The maximum atomic E-state index is 12.8. The Morgan fingerprint density at radius 2 is 2.22 bits per heavy atom. The largest absolute Gasteiger partial charge is 0.383 e. The minimum atomic E-state index is 0.0117. The van der Waals surface area contributed by atoms with Crippen LogP contribution in [0.25, 0.3) is 11.2 Å². The number of likely N-dealkylation sites (tertiary alicyclic amines) is 1. The van der Waals surface area contributed by atoms with Crippen LogP contribution >= 0.6 is 11.6 Å². The Balaban J connectivity index is 1.59. The summed E-state index contributed by atoms with van der Waals surface area (Å²) in [5.41, 5.74) is 2.37. The first-order chi connectivity index (χ1) is 13.2. The van der Waals surface area contributed by atoms with Gasteiger partial charge in [-0.15, -0.1) is 0 Å². The summed E-state index contributed by atoms with van der Waals surface area (Å²) < 4.78 is 7.38. The van der Waals surface area contributed by atoms with Gasteiger partial charge in [-0.25, -0.2) is 9.97 Å². The zero-order valence-electron chi connectivity index (χ0n) is 15.1. The maximum absolute atomic E-state index is 12.8. The van der Waals surface area contributed by atoms with Crippen molar-refractivity contribution in [3.05, 3.63) is 59.0 Å². The van der Waals surface area contributed by atoms with Gasteiger partial charge in [0.2, 0.25) is 0 Å². The summed E-state index contributed by atoms with van der Waals surface area (Å²) in [6.45, 7) is 2.63. The van der Waals surface area contributed by atoms with Crippen molar-refractivity contribution < 1.29 is 9.53 Å². The van der Waals surface area contributed by atoms with Crippen LogP contribution in [-0.2, 0) is 11.3 Å². The van der Waals surface area contributed by atoms with E-state index in [1.807, 2.05) is 17.0 Å². The summed E-state index contributed by atoms with van der Waals surface area (Å²) in [4.78, 5) is 24.0. The smallest absolute Gasteiger partial charge is 0.253 e. The second kappa shape index (κ2) is 7.66. The molecule has 1 fully saturated rings. The van der Waals surface area contributed by atoms with Crippen LogP contribution in [0.1, 0.15) is 28.5 Å². The number of imidazole rings is 1. The number of hydrogen-bond donors (Lipinski definition) is 0. The Kier molecular flexibility index (Phi) is 5.09. The van der Waals surface area contributed by atoms with Crippen molar-refractivity contribution in [1.82, 2.24) is 19.4 Å². The molecule has 1 aromatic carbocycles. The minimum Gasteiger partial charge on any atom is -0.383 e. The van der Waals surface area contributed by atoms with E-state index in [-0.39, 0.29) is 11.8 Å². The number of halogens is 1. The predicted molar refractivity (Wildman–Crippen MR) is 104 cm³/mol. The van der Waals surface area contributed by atoms with Crippen molar-refractivity contribution in [1.29, 1.82) is 0 Å². The highest BCUT2D eigenvalue weighted by Gasteiger charge is 2.31. The van der Waals surface area contributed by atoms with Crippen LogP contribution in [-0.4, -0.2) is 52.1 Å². The van der Waals surface area contributed by atoms with Gasteiger partial charge < -0.3 is 14.2 Å². The number of amides is 1. The summed E-state index contributed by atoms with van der Waals surface area (Å²) >= 11 is 6.03. The molecule has 0 bridgehead atoms. The molecule has 1 atom stereocenters. The number of carbonyl (C=O) groups is 1. The third kappa shape index (κ3) is 3.55. The lowest BCUT2D eigenvalue weighted by molar-refractivity contribution is 0.0790. The van der Waals surface area contributed by atoms with Crippen molar-refractivity contribution in [3.8, 4) is 0 Å². The molecule has 1 aliphatic heterocycles. The first kappa shape index (κ1) is 17.9. The van der Waals surface area contributed by atoms with Gasteiger partial charge in [0.25, 0.3) is 5.91 Å². The summed E-state index contributed by atoms with van der Waals surface area (Å²) in [6, 6.07) is 11.0. The molecule has 0 unspecified atom stereocenters. The fraction of sp³-hybridized carbons (Fsp3) is 0.350. The average molecular weight is 385 g/mol. The van der Waals surface area contributed by atoms with Crippen LogP contribution < -0.4 is 0 Å². The highest BCUT2D eigenvalue weighted by molar-refractivity contribution is 6.30. The van der Waals surface area contributed by atoms with Crippen LogP contribution in [0.5, 0.6) is 0 Å². The van der Waals surface area contributed by atoms with E-state index in [2.05, 4.69) is 9.55 Å². The van der Waals surface area contributed by atoms with Gasteiger partial charge in [0.1, 0.15) is 11.3 Å². The van der Waals surface area contributed by atoms with Crippen molar-refractivity contribution in [2.24, 2.45) is 0 Å². The van der Waals surface area contributed by atoms with Crippen molar-refractivity contribution >= 4 is 28.7 Å². The molecule has 2 aromatic heterocycles. The summed E-state index contributed by atoms with van der Waals surface area (Å²) in [7, 11) is 1.69. The van der Waals surface area contributed by atoms with Gasteiger partial charge in [-0.1, -0.05) is 17.7 Å². The van der Waals surface area contributed by atoms with E-state index in [1.54, 1.807) is 37.6 Å². The molecule has 140 valence electrons. The van der Waals surface area contributed by atoms with Crippen molar-refractivity contribution in [2.45, 2.75) is 18.9 Å². The molecule has 1 saturated heterocycles. The number of pyridine rings is 1. The zero-order valence-corrected chi connectivity index (χ0v) is 15.9. The normalized spacial score (nSPS) is 17.0. The first-order valence-corrected chi connectivity index (χ1v) is 9.40. The molecule has 6 nitrogen and oxygen atoms in total. The summed E-state index contributed by atoms with van der Waals surface area (Å²) in [6.07, 6.45) is 2.66. The van der Waals surface area contributed by atoms with E-state index in [0.717, 1.165) is 23.4 Å². The van der Waals surface area contributed by atoms with Crippen LogP contribution in [0.2, 0.25) is 5.02 Å². The predicted octanol–water partition coefficient (Wildman–Crippen LogP) is 3.36. The van der Waals surface area contributed by atoms with Crippen LogP contribution in [0.3, 0.4) is 0 Å². The number of benzene rings is 1. The second-order valence-corrected chi connectivity index (χ2v) is 7.14.